The van der Waals surface area contributed by atoms with Crippen LogP contribution < -0.4 is 0 Å². The number of aliphatic imine (C=N–C) groups is 2. The molecular weight excluding hydrogens is 971 g/mol. The summed E-state index contributed by atoms with van der Waals surface area (Å²) in [6.45, 7) is 4.57. The van der Waals surface area contributed by atoms with E-state index in [-0.39, 0.29) is 17.9 Å². The van der Waals surface area contributed by atoms with E-state index in [4.69, 9.17) is 9.98 Å². The highest BCUT2D eigenvalue weighted by Crippen LogP contribution is 2.43. The van der Waals surface area contributed by atoms with Crippen LogP contribution in [0.1, 0.15) is 79.2 Å². The van der Waals surface area contributed by atoms with Gasteiger partial charge >= 0.3 is 0 Å². The molecular formula is C75H61N5. The van der Waals surface area contributed by atoms with Crippen molar-refractivity contribution in [3.05, 3.63) is 289 Å². The van der Waals surface area contributed by atoms with Gasteiger partial charge in [-0.1, -0.05) is 140 Å². The molecule has 0 N–H and O–H groups in total. The van der Waals surface area contributed by atoms with Gasteiger partial charge in [0.05, 0.1) is 6.04 Å². The summed E-state index contributed by atoms with van der Waals surface area (Å²) >= 11 is 0. The average Bonchev–Trinajstić information content (AvgIpc) is 3.56. The molecule has 13 rings (SSSR count). The molecule has 0 fully saturated rings. The molecule has 0 amide bonds. The fraction of sp³-hybridized carbons (Fsp3) is 0.133. The quantitative estimate of drug-likeness (QED) is 0.122. The molecule has 0 radical (unpaired) electrons. The fourth-order valence-electron chi connectivity index (χ4n) is 12.0. The first-order chi connectivity index (χ1) is 39.4. The molecule has 80 heavy (non-hydrogen) atoms. The van der Waals surface area contributed by atoms with Gasteiger partial charge in [-0.15, -0.1) is 0 Å². The van der Waals surface area contributed by atoms with Crippen LogP contribution in [0.25, 0.3) is 83.5 Å². The Bertz CT molecular complexity index is 4040. The van der Waals surface area contributed by atoms with Gasteiger partial charge in [-0.3, -0.25) is 24.9 Å². The standard InChI is InChI=1S/C75H61N5/c1-50-26-27-61(71-41-68(56-16-4-13-53(33-56)64-23-9-29-77-46-64)38-69(42-71)57-17-5-14-54(34-57)65-24-10-30-78-47-65)44-75(50)73-43-72(48-79-49-73)60-20-6-18-58(35-60)67-37-66(55-15-3-12-52(32-55)63-22-8-28-76-45-63)39-70(40-67)59-19-7-21-62(36-59)74-25-11-31-80-51(74)2/h3-4,6-16,18-25,27-42,44-51,72,74H,5,17,26,43H2,1-2H3. The first-order valence-corrected chi connectivity index (χ1v) is 28.1. The number of hydrogen-bond acceptors (Lipinski definition) is 5. The summed E-state index contributed by atoms with van der Waals surface area (Å²) in [5.74, 6) is 0.685. The molecule has 0 bridgehead atoms. The minimum absolute atomic E-state index is 0.114. The predicted molar refractivity (Wildman–Crippen MR) is 334 cm³/mol. The summed E-state index contributed by atoms with van der Waals surface area (Å²) in [5.41, 5.74) is 26.6. The molecule has 5 nitrogen and oxygen atoms in total. The summed E-state index contributed by atoms with van der Waals surface area (Å²) in [6.07, 6.45) is 35.3. The third-order valence-corrected chi connectivity index (χ3v) is 16.4. The lowest BCUT2D eigenvalue weighted by Gasteiger charge is -2.27. The number of benzene rings is 6. The van der Waals surface area contributed by atoms with Crippen LogP contribution in [0.5, 0.6) is 0 Å². The van der Waals surface area contributed by atoms with Gasteiger partial charge in [-0.2, -0.15) is 0 Å². The average molecular weight is 1030 g/mol. The zero-order valence-electron chi connectivity index (χ0n) is 45.2. The van der Waals surface area contributed by atoms with E-state index < -0.39 is 0 Å². The van der Waals surface area contributed by atoms with Gasteiger partial charge in [0.2, 0.25) is 0 Å². The third-order valence-electron chi connectivity index (χ3n) is 16.4. The fourth-order valence-corrected chi connectivity index (χ4v) is 12.0. The summed E-state index contributed by atoms with van der Waals surface area (Å²) < 4.78 is 0. The van der Waals surface area contributed by atoms with E-state index in [9.17, 15) is 0 Å². The molecule has 0 spiro atoms. The Hall–Kier alpha value is -9.45. The zero-order valence-corrected chi connectivity index (χ0v) is 45.2. The van der Waals surface area contributed by atoms with Crippen LogP contribution in [0, 0.1) is 5.92 Å². The van der Waals surface area contributed by atoms with Crippen molar-refractivity contribution in [1.29, 1.82) is 0 Å². The normalized spacial score (nSPS) is 18.6. The molecule has 3 aromatic heterocycles. The van der Waals surface area contributed by atoms with Gasteiger partial charge < -0.3 is 0 Å². The lowest BCUT2D eigenvalue weighted by Crippen LogP contribution is -2.13. The Morgan fingerprint density at radius 2 is 0.938 bits per heavy atom. The molecule has 0 saturated heterocycles. The molecule has 4 atom stereocenters. The summed E-state index contributed by atoms with van der Waals surface area (Å²) in [7, 11) is 0. The highest BCUT2D eigenvalue weighted by molar-refractivity contribution is 5.90. The van der Waals surface area contributed by atoms with Gasteiger partial charge in [0.25, 0.3) is 0 Å². The second-order valence-corrected chi connectivity index (χ2v) is 21.7. The Kier molecular flexibility index (Phi) is 14.1. The second-order valence-electron chi connectivity index (χ2n) is 21.7. The number of aromatic nitrogens is 3. The van der Waals surface area contributed by atoms with E-state index in [0.717, 1.165) is 59.1 Å². The Labute approximate surface area is 470 Å². The van der Waals surface area contributed by atoms with E-state index in [1.54, 1.807) is 0 Å². The molecule has 5 heteroatoms. The van der Waals surface area contributed by atoms with E-state index >= 15 is 0 Å². The van der Waals surface area contributed by atoms with Crippen molar-refractivity contribution in [3.63, 3.8) is 0 Å². The van der Waals surface area contributed by atoms with Gasteiger partial charge in [0.1, 0.15) is 0 Å². The molecule has 2 aliphatic heterocycles. The van der Waals surface area contributed by atoms with Crippen molar-refractivity contribution in [1.82, 2.24) is 15.0 Å². The minimum Gasteiger partial charge on any atom is -0.289 e. The smallest absolute Gasteiger partial charge is 0.0574 e. The van der Waals surface area contributed by atoms with Gasteiger partial charge in [-0.05, 0) is 223 Å². The molecule has 2 aliphatic carbocycles. The molecule has 4 aliphatic rings. The zero-order chi connectivity index (χ0) is 53.8. The van der Waals surface area contributed by atoms with Crippen molar-refractivity contribution in [2.24, 2.45) is 15.9 Å². The second kappa shape index (κ2) is 22.5. The third kappa shape index (κ3) is 10.8. The Morgan fingerprint density at radius 3 is 1.55 bits per heavy atom. The molecule has 9 aromatic rings. The van der Waals surface area contributed by atoms with Gasteiger partial charge in [-0.25, -0.2) is 0 Å². The first kappa shape index (κ1) is 50.1. The number of allylic oxidation sites excluding steroid dienone is 10. The Morgan fingerprint density at radius 1 is 0.438 bits per heavy atom. The van der Waals surface area contributed by atoms with Crippen LogP contribution in [0.15, 0.2) is 271 Å². The topological polar surface area (TPSA) is 63.4 Å². The number of pyridine rings is 3. The molecule has 4 unspecified atom stereocenters. The number of nitrogens with zero attached hydrogens (tertiary/aromatic N) is 5. The molecule has 0 saturated carbocycles. The maximum absolute atomic E-state index is 5.03. The first-order valence-electron chi connectivity index (χ1n) is 28.1. The van der Waals surface area contributed by atoms with Gasteiger partial charge in [0.15, 0.2) is 0 Å². The van der Waals surface area contributed by atoms with Crippen molar-refractivity contribution in [2.75, 3.05) is 0 Å². The van der Waals surface area contributed by atoms with Crippen molar-refractivity contribution >= 4 is 29.1 Å². The summed E-state index contributed by atoms with van der Waals surface area (Å²) in [4.78, 5) is 23.1. The number of hydrogen-bond donors (Lipinski definition) is 0. The van der Waals surface area contributed by atoms with Crippen LogP contribution in [0.2, 0.25) is 0 Å². The van der Waals surface area contributed by atoms with E-state index in [1.165, 1.54) is 89.1 Å². The van der Waals surface area contributed by atoms with Crippen molar-refractivity contribution in [3.8, 4) is 66.8 Å². The number of dihydropyridines is 1. The van der Waals surface area contributed by atoms with Crippen LogP contribution in [0.3, 0.4) is 0 Å². The van der Waals surface area contributed by atoms with Crippen LogP contribution >= 0.6 is 0 Å². The van der Waals surface area contributed by atoms with E-state index in [2.05, 4.69) is 229 Å². The molecule has 6 aromatic carbocycles. The van der Waals surface area contributed by atoms with E-state index in [0.29, 0.717) is 5.92 Å². The maximum atomic E-state index is 5.03. The van der Waals surface area contributed by atoms with Crippen molar-refractivity contribution in [2.45, 2.75) is 57.4 Å². The summed E-state index contributed by atoms with van der Waals surface area (Å²) in [6, 6.07) is 62.8. The molecule has 386 valence electrons. The van der Waals surface area contributed by atoms with Crippen LogP contribution in [-0.4, -0.2) is 33.4 Å². The predicted octanol–water partition coefficient (Wildman–Crippen LogP) is 18.7. The minimum atomic E-state index is 0.114. The van der Waals surface area contributed by atoms with Gasteiger partial charge in [0, 0.05) is 78.8 Å². The SMILES string of the molecule is CC1CC=C(c2cc(C3=CC(c4cccnc4)=CCC3)cc(-c3cccc(-c4cccnc4)c3)c2)C=C1C1=CN=CC(c2cccc(-c3cc(-c4cccc(-c5cccnc5)c4)cc(-c4cccc(C5C=CC=NC5C)c4)c3)c2)C1. The largest absolute Gasteiger partial charge is 0.289 e. The monoisotopic (exact) mass is 1030 g/mol. The Balaban J connectivity index is 0.830. The summed E-state index contributed by atoms with van der Waals surface area (Å²) in [5, 5.41) is 0. The lowest BCUT2D eigenvalue weighted by atomic mass is 9.79. The highest BCUT2D eigenvalue weighted by Gasteiger charge is 2.25. The van der Waals surface area contributed by atoms with E-state index in [1.807, 2.05) is 61.6 Å². The number of rotatable bonds is 12. The van der Waals surface area contributed by atoms with Crippen LogP contribution in [0.4, 0.5) is 0 Å². The highest BCUT2D eigenvalue weighted by atomic mass is 14.8. The maximum Gasteiger partial charge on any atom is 0.0574 e. The molecule has 5 heterocycles. The lowest BCUT2D eigenvalue weighted by molar-refractivity contribution is 0.661. The van der Waals surface area contributed by atoms with Crippen LogP contribution in [-0.2, 0) is 0 Å². The van der Waals surface area contributed by atoms with Crippen molar-refractivity contribution < 1.29 is 0 Å².